The van der Waals surface area contributed by atoms with Crippen LogP contribution in [0.15, 0.2) is 30.3 Å². The summed E-state index contributed by atoms with van der Waals surface area (Å²) in [5, 5.41) is 6.43. The molecule has 0 spiro atoms. The van der Waals surface area contributed by atoms with Gasteiger partial charge in [-0.25, -0.2) is 0 Å². The van der Waals surface area contributed by atoms with Crippen molar-refractivity contribution in [1.29, 1.82) is 0 Å². The maximum Gasteiger partial charge on any atom is 0.227 e. The zero-order valence-electron chi connectivity index (χ0n) is 16.2. The van der Waals surface area contributed by atoms with E-state index in [0.29, 0.717) is 13.0 Å². The molecule has 2 N–H and O–H groups in total. The summed E-state index contributed by atoms with van der Waals surface area (Å²) in [6, 6.07) is 9.82. The molecule has 27 heavy (non-hydrogen) atoms. The number of nitrogens with one attached hydrogen (secondary N) is 2. The Morgan fingerprint density at radius 2 is 1.89 bits per heavy atom. The van der Waals surface area contributed by atoms with Gasteiger partial charge in [0.25, 0.3) is 0 Å². The first-order chi connectivity index (χ1) is 13.2. The molecule has 0 radical (unpaired) electrons. The zero-order valence-corrected chi connectivity index (χ0v) is 16.2. The van der Waals surface area contributed by atoms with E-state index in [4.69, 9.17) is 0 Å². The van der Waals surface area contributed by atoms with E-state index in [-0.39, 0.29) is 17.7 Å². The van der Waals surface area contributed by atoms with Gasteiger partial charge in [-0.1, -0.05) is 30.3 Å². The summed E-state index contributed by atoms with van der Waals surface area (Å²) in [5.74, 6) is 0.155. The molecule has 2 aliphatic rings. The van der Waals surface area contributed by atoms with Crippen molar-refractivity contribution in [3.8, 4) is 0 Å². The van der Waals surface area contributed by atoms with E-state index in [1.54, 1.807) is 0 Å². The highest BCUT2D eigenvalue weighted by molar-refractivity contribution is 5.82. The standard InChI is InChI=1S/C21H32N4O2/c26-20(16-18-6-2-1-3-7-18)25-13-4-8-19(17-25)21(27)23-9-5-12-24-14-10-22-11-15-24/h1-3,6-7,19,22H,4-5,8-17H2,(H,23,27). The van der Waals surface area contributed by atoms with Crippen molar-refractivity contribution in [2.45, 2.75) is 25.7 Å². The topological polar surface area (TPSA) is 64.7 Å². The van der Waals surface area contributed by atoms with E-state index in [1.807, 2.05) is 35.2 Å². The molecule has 1 atom stereocenters. The second kappa shape index (κ2) is 10.4. The second-order valence-electron chi connectivity index (χ2n) is 7.58. The SMILES string of the molecule is O=C(NCCCN1CCNCC1)C1CCCN(C(=O)Cc2ccccc2)C1. The van der Waals surface area contributed by atoms with E-state index in [2.05, 4.69) is 15.5 Å². The molecule has 3 rings (SSSR count). The highest BCUT2D eigenvalue weighted by atomic mass is 16.2. The van der Waals surface area contributed by atoms with Crippen LogP contribution < -0.4 is 10.6 Å². The monoisotopic (exact) mass is 372 g/mol. The first-order valence-corrected chi connectivity index (χ1v) is 10.2. The molecule has 148 valence electrons. The van der Waals surface area contributed by atoms with Gasteiger partial charge in [-0.3, -0.25) is 9.59 Å². The van der Waals surface area contributed by atoms with E-state index < -0.39 is 0 Å². The van der Waals surface area contributed by atoms with E-state index >= 15 is 0 Å². The molecule has 2 saturated heterocycles. The molecule has 2 fully saturated rings. The van der Waals surface area contributed by atoms with Gasteiger partial charge in [-0.15, -0.1) is 0 Å². The minimum atomic E-state index is -0.0716. The lowest BCUT2D eigenvalue weighted by atomic mass is 9.96. The van der Waals surface area contributed by atoms with Gasteiger partial charge < -0.3 is 20.4 Å². The number of hydrogen-bond acceptors (Lipinski definition) is 4. The number of likely N-dealkylation sites (tertiary alicyclic amines) is 1. The summed E-state index contributed by atoms with van der Waals surface area (Å²) >= 11 is 0. The van der Waals surface area contributed by atoms with Crippen LogP contribution in [0.5, 0.6) is 0 Å². The Kier molecular flexibility index (Phi) is 7.66. The average molecular weight is 373 g/mol. The molecule has 1 aromatic carbocycles. The van der Waals surface area contributed by atoms with Crippen LogP contribution in [0.4, 0.5) is 0 Å². The summed E-state index contributed by atoms with van der Waals surface area (Å²) in [6.07, 6.45) is 3.17. The van der Waals surface area contributed by atoms with Gasteiger partial charge in [-0.05, 0) is 31.4 Å². The third-order valence-electron chi connectivity index (χ3n) is 5.50. The summed E-state index contributed by atoms with van der Waals surface area (Å²) in [6.45, 7) is 7.37. The van der Waals surface area contributed by atoms with Gasteiger partial charge in [0.05, 0.1) is 12.3 Å². The largest absolute Gasteiger partial charge is 0.356 e. The number of benzene rings is 1. The summed E-state index contributed by atoms with van der Waals surface area (Å²) in [5.41, 5.74) is 1.03. The van der Waals surface area contributed by atoms with Gasteiger partial charge in [0.15, 0.2) is 0 Å². The normalized spacial score (nSPS) is 21.0. The Labute approximate surface area is 162 Å². The molecule has 0 bridgehead atoms. The highest BCUT2D eigenvalue weighted by Crippen LogP contribution is 2.18. The van der Waals surface area contributed by atoms with Crippen molar-refractivity contribution in [3.05, 3.63) is 35.9 Å². The van der Waals surface area contributed by atoms with Crippen molar-refractivity contribution in [1.82, 2.24) is 20.4 Å². The summed E-state index contributed by atoms with van der Waals surface area (Å²) in [4.78, 5) is 29.4. The fourth-order valence-corrected chi connectivity index (χ4v) is 3.89. The molecule has 6 heteroatoms. The number of rotatable bonds is 7. The van der Waals surface area contributed by atoms with Crippen molar-refractivity contribution in [3.63, 3.8) is 0 Å². The Hall–Kier alpha value is -1.92. The van der Waals surface area contributed by atoms with Crippen LogP contribution in [-0.4, -0.2) is 74.0 Å². The van der Waals surface area contributed by atoms with Crippen molar-refractivity contribution >= 4 is 11.8 Å². The fourth-order valence-electron chi connectivity index (χ4n) is 3.89. The Morgan fingerprint density at radius 1 is 1.11 bits per heavy atom. The van der Waals surface area contributed by atoms with Crippen LogP contribution in [0, 0.1) is 5.92 Å². The van der Waals surface area contributed by atoms with Crippen LogP contribution in [0.3, 0.4) is 0 Å². The average Bonchev–Trinajstić information content (AvgIpc) is 2.72. The maximum absolute atomic E-state index is 12.6. The van der Waals surface area contributed by atoms with E-state index in [1.165, 1.54) is 0 Å². The van der Waals surface area contributed by atoms with Gasteiger partial charge in [0.2, 0.25) is 11.8 Å². The maximum atomic E-state index is 12.6. The molecule has 1 aromatic rings. The van der Waals surface area contributed by atoms with Gasteiger partial charge in [0.1, 0.15) is 0 Å². The fraction of sp³-hybridized carbons (Fsp3) is 0.619. The highest BCUT2D eigenvalue weighted by Gasteiger charge is 2.28. The summed E-state index contributed by atoms with van der Waals surface area (Å²) in [7, 11) is 0. The lowest BCUT2D eigenvalue weighted by Gasteiger charge is -2.32. The molecular weight excluding hydrogens is 340 g/mol. The van der Waals surface area contributed by atoms with Gasteiger partial charge in [-0.2, -0.15) is 0 Å². The van der Waals surface area contributed by atoms with Crippen LogP contribution in [0.1, 0.15) is 24.8 Å². The number of piperazine rings is 1. The number of hydrogen-bond donors (Lipinski definition) is 2. The quantitative estimate of drug-likeness (QED) is 0.698. The molecule has 0 aliphatic carbocycles. The predicted octanol–water partition coefficient (Wildman–Crippen LogP) is 0.879. The lowest BCUT2D eigenvalue weighted by Crippen LogP contribution is -2.46. The van der Waals surface area contributed by atoms with Crippen LogP contribution >= 0.6 is 0 Å². The number of nitrogens with zero attached hydrogens (tertiary/aromatic N) is 2. The smallest absolute Gasteiger partial charge is 0.227 e. The van der Waals surface area contributed by atoms with Crippen LogP contribution in [0.2, 0.25) is 0 Å². The Bertz CT molecular complexity index is 601. The van der Waals surface area contributed by atoms with Crippen LogP contribution in [0.25, 0.3) is 0 Å². The van der Waals surface area contributed by atoms with E-state index in [9.17, 15) is 9.59 Å². The lowest BCUT2D eigenvalue weighted by molar-refractivity contribution is -0.135. The number of piperidine rings is 1. The van der Waals surface area contributed by atoms with Gasteiger partial charge >= 0.3 is 0 Å². The Balaban J connectivity index is 1.37. The number of amides is 2. The third kappa shape index (κ3) is 6.33. The van der Waals surface area contributed by atoms with Gasteiger partial charge in [0, 0.05) is 45.8 Å². The second-order valence-corrected chi connectivity index (χ2v) is 7.58. The van der Waals surface area contributed by atoms with Crippen LogP contribution in [-0.2, 0) is 16.0 Å². The molecular formula is C21H32N4O2. The molecule has 6 nitrogen and oxygen atoms in total. The van der Waals surface area contributed by atoms with Crippen molar-refractivity contribution < 1.29 is 9.59 Å². The molecule has 1 unspecified atom stereocenters. The molecule has 2 heterocycles. The van der Waals surface area contributed by atoms with E-state index in [0.717, 1.165) is 70.6 Å². The zero-order chi connectivity index (χ0) is 18.9. The Morgan fingerprint density at radius 3 is 2.67 bits per heavy atom. The van der Waals surface area contributed by atoms with Crippen molar-refractivity contribution in [2.24, 2.45) is 5.92 Å². The molecule has 2 aliphatic heterocycles. The minimum Gasteiger partial charge on any atom is -0.356 e. The molecule has 0 aromatic heterocycles. The number of carbonyl (C=O) groups excluding carboxylic acids is 2. The summed E-state index contributed by atoms with van der Waals surface area (Å²) < 4.78 is 0. The number of carbonyl (C=O) groups is 2. The molecule has 0 saturated carbocycles. The predicted molar refractivity (Wildman–Crippen MR) is 106 cm³/mol. The van der Waals surface area contributed by atoms with Crippen molar-refractivity contribution in [2.75, 3.05) is 52.4 Å². The molecule has 2 amide bonds. The minimum absolute atomic E-state index is 0.0716. The first-order valence-electron chi connectivity index (χ1n) is 10.2. The first kappa shape index (κ1) is 19.8. The third-order valence-corrected chi connectivity index (χ3v) is 5.50.